The molecule has 1 aromatic heterocycles. The van der Waals surface area contributed by atoms with E-state index < -0.39 is 0 Å². The molecule has 1 heterocycles. The van der Waals surface area contributed by atoms with Gasteiger partial charge >= 0.3 is 0 Å². The highest BCUT2D eigenvalue weighted by atomic mass is 15.1. The van der Waals surface area contributed by atoms with Crippen molar-refractivity contribution in [2.24, 2.45) is 0 Å². The molecular weight excluding hydrogens is 532 g/mol. The largest absolute Gasteiger partial charge is 0.324 e. The molecule has 0 atom stereocenters. The molecule has 0 aliphatic heterocycles. The predicted molar refractivity (Wildman–Crippen MR) is 186 cm³/mol. The fourth-order valence-electron chi connectivity index (χ4n) is 7.98. The van der Waals surface area contributed by atoms with Crippen molar-refractivity contribution in [2.75, 3.05) is 0 Å². The maximum Gasteiger partial charge on any atom is 0.141 e. The number of aryl methyl sites for hydroxylation is 1. The average Bonchev–Trinajstić information content (AvgIpc) is 3.57. The molecule has 0 spiro atoms. The molecule has 1 aliphatic rings. The van der Waals surface area contributed by atoms with Crippen LogP contribution in [-0.2, 0) is 12.0 Å². The summed E-state index contributed by atoms with van der Waals surface area (Å²) in [4.78, 5) is 5.01. The molecule has 0 N–H and O–H groups in total. The van der Waals surface area contributed by atoms with E-state index in [1.807, 2.05) is 0 Å². The second-order valence-corrected chi connectivity index (χ2v) is 12.6. The quantitative estimate of drug-likeness (QED) is 0.195. The van der Waals surface area contributed by atoms with Crippen molar-refractivity contribution < 1.29 is 0 Å². The zero-order valence-electron chi connectivity index (χ0n) is 25.2. The van der Waals surface area contributed by atoms with Crippen LogP contribution in [0.1, 0.15) is 31.9 Å². The molecule has 0 bridgehead atoms. The topological polar surface area (TPSA) is 17.8 Å². The number of rotatable bonds is 3. The number of para-hydroxylation sites is 2. The highest BCUT2D eigenvalue weighted by Gasteiger charge is 2.40. The Morgan fingerprint density at radius 2 is 1.11 bits per heavy atom. The Kier molecular flexibility index (Phi) is 5.26. The van der Waals surface area contributed by atoms with E-state index in [4.69, 9.17) is 4.98 Å². The van der Waals surface area contributed by atoms with Crippen LogP contribution in [0.4, 0.5) is 0 Å². The number of imidazole rings is 1. The number of aromatic nitrogens is 2. The Labute approximate surface area is 257 Å². The van der Waals surface area contributed by atoms with Gasteiger partial charge < -0.3 is 4.57 Å². The molecular formula is C42H32N2. The lowest BCUT2D eigenvalue weighted by atomic mass is 9.78. The predicted octanol–water partition coefficient (Wildman–Crippen LogP) is 11.2. The van der Waals surface area contributed by atoms with Gasteiger partial charge in [-0.1, -0.05) is 123 Å². The molecule has 44 heavy (non-hydrogen) atoms. The van der Waals surface area contributed by atoms with Crippen molar-refractivity contribution in [1.29, 1.82) is 0 Å². The third kappa shape index (κ3) is 3.34. The van der Waals surface area contributed by atoms with Gasteiger partial charge in [-0.25, -0.2) is 4.98 Å². The van der Waals surface area contributed by atoms with E-state index >= 15 is 0 Å². The number of benzene rings is 7. The first-order chi connectivity index (χ1) is 21.6. The SMILES string of the molecule is CCn1c(-c2ccc(-c3cc4c(c5ccccc35)-c3c(c5ccccc5c5ccccc35)C4(C)C)cc2)nc2ccccc21. The van der Waals surface area contributed by atoms with Crippen LogP contribution < -0.4 is 0 Å². The molecule has 0 amide bonds. The summed E-state index contributed by atoms with van der Waals surface area (Å²) in [6, 6.07) is 46.9. The van der Waals surface area contributed by atoms with Crippen molar-refractivity contribution in [3.63, 3.8) is 0 Å². The summed E-state index contributed by atoms with van der Waals surface area (Å²) in [5.74, 6) is 1.02. The molecule has 2 heteroatoms. The minimum Gasteiger partial charge on any atom is -0.324 e. The summed E-state index contributed by atoms with van der Waals surface area (Å²) >= 11 is 0. The smallest absolute Gasteiger partial charge is 0.141 e. The number of fused-ring (bicyclic) bond motifs is 11. The van der Waals surface area contributed by atoms with Gasteiger partial charge in [-0.3, -0.25) is 0 Å². The van der Waals surface area contributed by atoms with Gasteiger partial charge in [0, 0.05) is 17.5 Å². The van der Waals surface area contributed by atoms with E-state index in [0.717, 1.165) is 23.4 Å². The second-order valence-electron chi connectivity index (χ2n) is 12.6. The van der Waals surface area contributed by atoms with E-state index in [2.05, 4.69) is 153 Å². The van der Waals surface area contributed by atoms with E-state index in [1.54, 1.807) is 0 Å². The summed E-state index contributed by atoms with van der Waals surface area (Å²) in [7, 11) is 0. The Hall–Kier alpha value is -5.21. The van der Waals surface area contributed by atoms with Crippen molar-refractivity contribution in [2.45, 2.75) is 32.7 Å². The molecule has 0 radical (unpaired) electrons. The first-order valence-corrected chi connectivity index (χ1v) is 15.6. The molecule has 2 nitrogen and oxygen atoms in total. The fraction of sp³-hybridized carbons (Fsp3) is 0.119. The monoisotopic (exact) mass is 564 g/mol. The summed E-state index contributed by atoms with van der Waals surface area (Å²) in [6.45, 7) is 7.90. The lowest BCUT2D eigenvalue weighted by Gasteiger charge is -2.25. The van der Waals surface area contributed by atoms with Gasteiger partial charge in [0.15, 0.2) is 0 Å². The van der Waals surface area contributed by atoms with Crippen molar-refractivity contribution >= 4 is 43.4 Å². The van der Waals surface area contributed by atoms with Gasteiger partial charge in [-0.05, 0) is 90.8 Å². The van der Waals surface area contributed by atoms with Gasteiger partial charge in [0.1, 0.15) is 5.82 Å². The van der Waals surface area contributed by atoms with Crippen LogP contribution in [0.15, 0.2) is 127 Å². The number of hydrogen-bond donors (Lipinski definition) is 0. The molecule has 0 saturated carbocycles. The highest BCUT2D eigenvalue weighted by Crippen LogP contribution is 2.57. The van der Waals surface area contributed by atoms with Crippen LogP contribution >= 0.6 is 0 Å². The Morgan fingerprint density at radius 3 is 1.82 bits per heavy atom. The van der Waals surface area contributed by atoms with Crippen molar-refractivity contribution in [3.05, 3.63) is 139 Å². The first kappa shape index (κ1) is 25.3. The van der Waals surface area contributed by atoms with Gasteiger partial charge in [0.2, 0.25) is 0 Å². The molecule has 8 aromatic rings. The van der Waals surface area contributed by atoms with Crippen molar-refractivity contribution in [1.82, 2.24) is 9.55 Å². The van der Waals surface area contributed by atoms with Gasteiger partial charge in [0.25, 0.3) is 0 Å². The van der Waals surface area contributed by atoms with E-state index in [-0.39, 0.29) is 5.41 Å². The Morgan fingerprint density at radius 1 is 0.568 bits per heavy atom. The first-order valence-electron chi connectivity index (χ1n) is 15.6. The normalized spacial score (nSPS) is 13.6. The van der Waals surface area contributed by atoms with Crippen molar-refractivity contribution in [3.8, 4) is 33.6 Å². The number of nitrogens with zero attached hydrogens (tertiary/aromatic N) is 2. The molecule has 9 rings (SSSR count). The van der Waals surface area contributed by atoms with E-state index in [0.29, 0.717) is 0 Å². The molecule has 0 fully saturated rings. The minimum absolute atomic E-state index is 0.154. The zero-order valence-corrected chi connectivity index (χ0v) is 25.2. The van der Waals surface area contributed by atoms with Crippen LogP contribution in [0.25, 0.3) is 77.0 Å². The zero-order chi connectivity index (χ0) is 29.6. The summed E-state index contributed by atoms with van der Waals surface area (Å²) in [5.41, 5.74) is 11.4. The maximum atomic E-state index is 5.01. The lowest BCUT2D eigenvalue weighted by Crippen LogP contribution is -2.16. The molecule has 1 aliphatic carbocycles. The Balaban J connectivity index is 1.29. The second kappa shape index (κ2) is 9.14. The van der Waals surface area contributed by atoms with Gasteiger partial charge in [-0.2, -0.15) is 0 Å². The fourth-order valence-corrected chi connectivity index (χ4v) is 7.98. The standard InChI is InChI=1S/C42H32N2/c1-4-44-37-20-12-11-19-36(37)43-41(44)27-23-21-26(22-24-27)34-25-35-38(31-16-8-6-15-30(31)34)39-32-17-9-5-13-28(32)29-14-7-10-18-33(29)40(39)42(35,2)3/h5-25H,4H2,1-3H3. The highest BCUT2D eigenvalue weighted by molar-refractivity contribution is 6.22. The third-order valence-corrected chi connectivity index (χ3v) is 9.95. The molecule has 210 valence electrons. The number of hydrogen-bond acceptors (Lipinski definition) is 1. The van der Waals surface area contributed by atoms with Crippen LogP contribution in [0.3, 0.4) is 0 Å². The van der Waals surface area contributed by atoms with E-state index in [1.165, 1.54) is 71.2 Å². The molecule has 7 aromatic carbocycles. The summed E-state index contributed by atoms with van der Waals surface area (Å²) in [6.07, 6.45) is 0. The van der Waals surface area contributed by atoms with Gasteiger partial charge in [0.05, 0.1) is 11.0 Å². The van der Waals surface area contributed by atoms with E-state index in [9.17, 15) is 0 Å². The Bertz CT molecular complexity index is 2440. The molecule has 0 saturated heterocycles. The van der Waals surface area contributed by atoms with Crippen LogP contribution in [0, 0.1) is 0 Å². The van der Waals surface area contributed by atoms with Crippen LogP contribution in [-0.4, -0.2) is 9.55 Å². The lowest BCUT2D eigenvalue weighted by molar-refractivity contribution is 0.667. The van der Waals surface area contributed by atoms with Crippen LogP contribution in [0.5, 0.6) is 0 Å². The summed E-state index contributed by atoms with van der Waals surface area (Å²) in [5, 5.41) is 7.98. The maximum absolute atomic E-state index is 5.01. The van der Waals surface area contributed by atoms with Crippen LogP contribution in [0.2, 0.25) is 0 Å². The van der Waals surface area contributed by atoms with Gasteiger partial charge in [-0.15, -0.1) is 0 Å². The molecule has 0 unspecified atom stereocenters. The summed E-state index contributed by atoms with van der Waals surface area (Å²) < 4.78 is 2.31. The minimum atomic E-state index is -0.154. The average molecular weight is 565 g/mol. The third-order valence-electron chi connectivity index (χ3n) is 9.95.